The summed E-state index contributed by atoms with van der Waals surface area (Å²) >= 11 is 0. The average Bonchev–Trinajstić information content (AvgIpc) is 2.98. The predicted octanol–water partition coefficient (Wildman–Crippen LogP) is 3.06. The first-order valence-electron chi connectivity index (χ1n) is 6.22. The fourth-order valence-electron chi connectivity index (χ4n) is 1.76. The van der Waals surface area contributed by atoms with E-state index in [1.807, 2.05) is 43.3 Å². The van der Waals surface area contributed by atoms with Crippen molar-refractivity contribution in [3.63, 3.8) is 0 Å². The molecule has 0 fully saturated rings. The van der Waals surface area contributed by atoms with Crippen molar-refractivity contribution in [2.24, 2.45) is 0 Å². The van der Waals surface area contributed by atoms with Gasteiger partial charge >= 0.3 is 0 Å². The molecule has 1 unspecified atom stereocenters. The lowest BCUT2D eigenvalue weighted by molar-refractivity contribution is -0.117. The topological polar surface area (TPSA) is 66.0 Å². The Morgan fingerprint density at radius 3 is 2.65 bits per heavy atom. The predicted molar refractivity (Wildman–Crippen MR) is 75.3 cm³/mol. The van der Waals surface area contributed by atoms with E-state index < -0.39 is 5.91 Å². The maximum atomic E-state index is 12.0. The van der Waals surface area contributed by atoms with Gasteiger partial charge in [-0.1, -0.05) is 30.3 Å². The molecule has 0 bridgehead atoms. The number of amides is 1. The van der Waals surface area contributed by atoms with E-state index in [1.54, 1.807) is 12.1 Å². The lowest BCUT2D eigenvalue weighted by Crippen LogP contribution is -2.27. The van der Waals surface area contributed by atoms with E-state index >= 15 is 0 Å². The van der Waals surface area contributed by atoms with Crippen molar-refractivity contribution in [3.8, 4) is 6.07 Å². The molecule has 1 amide bonds. The van der Waals surface area contributed by atoms with E-state index in [2.05, 4.69) is 5.32 Å². The molecule has 0 aliphatic carbocycles. The van der Waals surface area contributed by atoms with Gasteiger partial charge in [0.1, 0.15) is 17.4 Å². The van der Waals surface area contributed by atoms with E-state index in [4.69, 9.17) is 9.68 Å². The zero-order valence-electron chi connectivity index (χ0n) is 11.0. The minimum absolute atomic E-state index is 0.0164. The number of furan rings is 1. The molecule has 0 aliphatic heterocycles. The number of hydrogen-bond donors (Lipinski definition) is 1. The monoisotopic (exact) mass is 266 g/mol. The summed E-state index contributed by atoms with van der Waals surface area (Å²) < 4.78 is 5.10. The van der Waals surface area contributed by atoms with Crippen molar-refractivity contribution in [1.82, 2.24) is 5.32 Å². The molecule has 0 saturated heterocycles. The first-order chi connectivity index (χ1) is 9.70. The lowest BCUT2D eigenvalue weighted by Gasteiger charge is -2.13. The molecule has 1 atom stereocenters. The normalized spacial score (nSPS) is 12.5. The van der Waals surface area contributed by atoms with Gasteiger partial charge in [0.15, 0.2) is 0 Å². The van der Waals surface area contributed by atoms with Crippen LogP contribution in [0.15, 0.2) is 58.7 Å². The van der Waals surface area contributed by atoms with Crippen LogP contribution in [0.3, 0.4) is 0 Å². The number of rotatable bonds is 4. The molecule has 0 saturated carbocycles. The largest absolute Gasteiger partial charge is 0.465 e. The number of nitriles is 1. The zero-order valence-corrected chi connectivity index (χ0v) is 11.0. The third-order valence-electron chi connectivity index (χ3n) is 2.84. The summed E-state index contributed by atoms with van der Waals surface area (Å²) in [5, 5.41) is 11.8. The van der Waals surface area contributed by atoms with Crippen molar-refractivity contribution in [2.45, 2.75) is 13.0 Å². The Hall–Kier alpha value is -2.80. The molecule has 2 rings (SSSR count). The van der Waals surface area contributed by atoms with Gasteiger partial charge in [0.05, 0.1) is 12.3 Å². The Morgan fingerprint density at radius 2 is 2.05 bits per heavy atom. The van der Waals surface area contributed by atoms with Gasteiger partial charge in [0.2, 0.25) is 0 Å². The van der Waals surface area contributed by atoms with Crippen LogP contribution in [0.1, 0.15) is 24.3 Å². The minimum Gasteiger partial charge on any atom is -0.465 e. The summed E-state index contributed by atoms with van der Waals surface area (Å²) in [6.07, 6.45) is 2.92. The van der Waals surface area contributed by atoms with Crippen molar-refractivity contribution in [3.05, 3.63) is 65.6 Å². The molecule has 0 radical (unpaired) electrons. The molecule has 100 valence electrons. The Bertz CT molecular complexity index is 637. The fraction of sp³-hybridized carbons (Fsp3) is 0.125. The summed E-state index contributed by atoms with van der Waals surface area (Å²) in [4.78, 5) is 12.0. The Labute approximate surface area is 117 Å². The van der Waals surface area contributed by atoms with Gasteiger partial charge in [0, 0.05) is 6.08 Å². The molecule has 4 heteroatoms. The minimum atomic E-state index is -0.416. The maximum absolute atomic E-state index is 12.0. The van der Waals surface area contributed by atoms with Crippen LogP contribution in [-0.4, -0.2) is 5.91 Å². The Kier molecular flexibility index (Phi) is 4.35. The van der Waals surface area contributed by atoms with Gasteiger partial charge in [-0.05, 0) is 24.6 Å². The molecule has 1 aromatic heterocycles. The Morgan fingerprint density at radius 1 is 1.30 bits per heavy atom. The number of nitrogens with zero attached hydrogens (tertiary/aromatic N) is 1. The first kappa shape index (κ1) is 13.6. The van der Waals surface area contributed by atoms with Crippen molar-refractivity contribution in [2.75, 3.05) is 0 Å². The van der Waals surface area contributed by atoms with Crippen LogP contribution < -0.4 is 5.32 Å². The van der Waals surface area contributed by atoms with E-state index in [-0.39, 0.29) is 11.6 Å². The van der Waals surface area contributed by atoms with Crippen molar-refractivity contribution in [1.29, 1.82) is 5.26 Å². The van der Waals surface area contributed by atoms with Crippen LogP contribution in [0.4, 0.5) is 0 Å². The zero-order chi connectivity index (χ0) is 14.4. The number of carbonyl (C=O) groups is 1. The van der Waals surface area contributed by atoms with Crippen LogP contribution in [0.5, 0.6) is 0 Å². The highest BCUT2D eigenvalue weighted by Gasteiger charge is 2.13. The molecule has 0 aliphatic rings. The Balaban J connectivity index is 2.09. The first-order valence-corrected chi connectivity index (χ1v) is 6.22. The maximum Gasteiger partial charge on any atom is 0.262 e. The molecular formula is C16H14N2O2. The van der Waals surface area contributed by atoms with Gasteiger partial charge in [0.25, 0.3) is 5.91 Å². The highest BCUT2D eigenvalue weighted by atomic mass is 16.3. The van der Waals surface area contributed by atoms with Gasteiger partial charge in [-0.25, -0.2) is 0 Å². The second-order valence-corrected chi connectivity index (χ2v) is 4.29. The van der Waals surface area contributed by atoms with E-state index in [9.17, 15) is 4.79 Å². The van der Waals surface area contributed by atoms with Crippen LogP contribution in [0.25, 0.3) is 6.08 Å². The summed E-state index contributed by atoms with van der Waals surface area (Å²) in [5.74, 6) is 0.0596. The summed E-state index contributed by atoms with van der Waals surface area (Å²) in [6.45, 7) is 1.87. The lowest BCUT2D eigenvalue weighted by atomic mass is 10.1. The summed E-state index contributed by atoms with van der Waals surface area (Å²) in [6, 6.07) is 14.7. The average molecular weight is 266 g/mol. The second-order valence-electron chi connectivity index (χ2n) is 4.29. The molecule has 20 heavy (non-hydrogen) atoms. The fourth-order valence-corrected chi connectivity index (χ4v) is 1.76. The molecule has 1 aromatic carbocycles. The van der Waals surface area contributed by atoms with Crippen LogP contribution in [0, 0.1) is 11.3 Å². The highest BCUT2D eigenvalue weighted by Crippen LogP contribution is 2.13. The number of hydrogen-bond acceptors (Lipinski definition) is 3. The van der Waals surface area contributed by atoms with Crippen LogP contribution >= 0.6 is 0 Å². The highest BCUT2D eigenvalue weighted by molar-refractivity contribution is 6.01. The van der Waals surface area contributed by atoms with Gasteiger partial charge in [-0.15, -0.1) is 0 Å². The number of benzene rings is 1. The number of carbonyl (C=O) groups excluding carboxylic acids is 1. The van der Waals surface area contributed by atoms with Crippen LogP contribution in [-0.2, 0) is 4.79 Å². The van der Waals surface area contributed by atoms with Crippen LogP contribution in [0.2, 0.25) is 0 Å². The second kappa shape index (κ2) is 6.39. The van der Waals surface area contributed by atoms with E-state index in [0.717, 1.165) is 5.56 Å². The van der Waals surface area contributed by atoms with E-state index in [1.165, 1.54) is 12.3 Å². The van der Waals surface area contributed by atoms with Gasteiger partial charge in [-0.3, -0.25) is 4.79 Å². The third-order valence-corrected chi connectivity index (χ3v) is 2.84. The molecule has 2 aromatic rings. The molecular weight excluding hydrogens is 252 g/mol. The molecule has 0 spiro atoms. The summed E-state index contributed by atoms with van der Waals surface area (Å²) in [5.41, 5.74) is 0.999. The third kappa shape index (κ3) is 3.36. The summed E-state index contributed by atoms with van der Waals surface area (Å²) in [7, 11) is 0. The smallest absolute Gasteiger partial charge is 0.262 e. The molecule has 1 N–H and O–H groups in total. The van der Waals surface area contributed by atoms with E-state index in [0.29, 0.717) is 5.76 Å². The number of nitrogens with one attached hydrogen (secondary N) is 1. The van der Waals surface area contributed by atoms with Crippen molar-refractivity contribution < 1.29 is 9.21 Å². The van der Waals surface area contributed by atoms with Gasteiger partial charge in [-0.2, -0.15) is 5.26 Å². The molecule has 1 heterocycles. The SMILES string of the molecule is CC(NC(=O)/C(C#N)=C\c1ccco1)c1ccccc1. The van der Waals surface area contributed by atoms with Gasteiger partial charge < -0.3 is 9.73 Å². The van der Waals surface area contributed by atoms with Crippen molar-refractivity contribution >= 4 is 12.0 Å². The standard InChI is InChI=1S/C16H14N2O2/c1-12(13-6-3-2-4-7-13)18-16(19)14(11-17)10-15-8-5-9-20-15/h2-10,12H,1H3,(H,18,19)/b14-10-. The quantitative estimate of drug-likeness (QED) is 0.683. The molecule has 4 nitrogen and oxygen atoms in total.